The summed E-state index contributed by atoms with van der Waals surface area (Å²) in [6.45, 7) is 0. The van der Waals surface area contributed by atoms with Gasteiger partial charge in [0.25, 0.3) is 0 Å². The van der Waals surface area contributed by atoms with Gasteiger partial charge in [-0.2, -0.15) is 0 Å². The van der Waals surface area contributed by atoms with Crippen molar-refractivity contribution < 1.29 is 9.53 Å². The Balaban J connectivity index is 1.64. The van der Waals surface area contributed by atoms with Crippen LogP contribution in [-0.2, 0) is 4.79 Å². The van der Waals surface area contributed by atoms with Gasteiger partial charge in [0.05, 0.1) is 12.9 Å². The van der Waals surface area contributed by atoms with Crippen molar-refractivity contribution in [2.75, 3.05) is 12.9 Å². The lowest BCUT2D eigenvalue weighted by Crippen LogP contribution is -2.27. The molecule has 138 valence electrons. The summed E-state index contributed by atoms with van der Waals surface area (Å²) in [6, 6.07) is 18.0. The van der Waals surface area contributed by atoms with Crippen molar-refractivity contribution in [3.05, 3.63) is 54.6 Å². The first-order chi connectivity index (χ1) is 13.2. The Morgan fingerprint density at radius 1 is 1.15 bits per heavy atom. The number of thioether (sulfide) groups is 1. The minimum Gasteiger partial charge on any atom is -0.497 e. The van der Waals surface area contributed by atoms with E-state index >= 15 is 0 Å². The van der Waals surface area contributed by atoms with Crippen molar-refractivity contribution in [3.63, 3.8) is 0 Å². The molecule has 0 radical (unpaired) electrons. The number of nitrogens with one attached hydrogen (secondary N) is 1. The van der Waals surface area contributed by atoms with Crippen molar-refractivity contribution in [2.24, 2.45) is 0 Å². The molecule has 3 aromatic rings. The summed E-state index contributed by atoms with van der Waals surface area (Å²) in [5.74, 6) is 1.88. The molecule has 0 unspecified atom stereocenters. The number of amides is 1. The highest BCUT2D eigenvalue weighted by Gasteiger charge is 2.24. The second-order valence-electron chi connectivity index (χ2n) is 6.34. The molecule has 1 saturated carbocycles. The van der Waals surface area contributed by atoms with E-state index in [-0.39, 0.29) is 5.91 Å². The zero-order chi connectivity index (χ0) is 18.6. The smallest absolute Gasteiger partial charge is 0.230 e. The fraction of sp³-hybridized carbons (Fsp3) is 0.250. The molecule has 4 rings (SSSR count). The van der Waals surface area contributed by atoms with Crippen molar-refractivity contribution >= 4 is 17.7 Å². The largest absolute Gasteiger partial charge is 0.497 e. The number of methoxy groups -OCH3 is 1. The molecular weight excluding hydrogens is 360 g/mol. The molecule has 0 spiro atoms. The fourth-order valence-electron chi connectivity index (χ4n) is 2.73. The summed E-state index contributed by atoms with van der Waals surface area (Å²) in [5.41, 5.74) is 1.89. The Labute approximate surface area is 162 Å². The highest BCUT2D eigenvalue weighted by Crippen LogP contribution is 2.29. The van der Waals surface area contributed by atoms with E-state index in [0.29, 0.717) is 17.0 Å². The first kappa shape index (κ1) is 17.6. The summed E-state index contributed by atoms with van der Waals surface area (Å²) in [6.07, 6.45) is 2.16. The van der Waals surface area contributed by atoms with Crippen LogP contribution in [0.25, 0.3) is 17.1 Å². The van der Waals surface area contributed by atoms with Crippen LogP contribution < -0.4 is 10.1 Å². The molecular formula is C20H20N4O2S. The SMILES string of the molecule is COc1ccc(-c2nnc(SCC(=O)NC3CC3)n2-c2ccccc2)cc1. The second-order valence-corrected chi connectivity index (χ2v) is 7.28. The monoisotopic (exact) mass is 380 g/mol. The molecule has 1 heterocycles. The van der Waals surface area contributed by atoms with Gasteiger partial charge >= 0.3 is 0 Å². The lowest BCUT2D eigenvalue weighted by Gasteiger charge is -2.10. The molecule has 0 bridgehead atoms. The molecule has 1 fully saturated rings. The van der Waals surface area contributed by atoms with Gasteiger partial charge in [0.2, 0.25) is 5.91 Å². The van der Waals surface area contributed by atoms with Crippen LogP contribution >= 0.6 is 11.8 Å². The lowest BCUT2D eigenvalue weighted by molar-refractivity contribution is -0.118. The topological polar surface area (TPSA) is 69.0 Å². The number of carbonyl (C=O) groups is 1. The van der Waals surface area contributed by atoms with Gasteiger partial charge in [0.15, 0.2) is 11.0 Å². The molecule has 1 aromatic heterocycles. The number of rotatable bonds is 7. The number of ether oxygens (including phenoxy) is 1. The van der Waals surface area contributed by atoms with E-state index in [9.17, 15) is 4.79 Å². The van der Waals surface area contributed by atoms with Crippen LogP contribution in [0, 0.1) is 0 Å². The van der Waals surface area contributed by atoms with E-state index in [2.05, 4.69) is 15.5 Å². The van der Waals surface area contributed by atoms with E-state index in [1.165, 1.54) is 11.8 Å². The molecule has 1 N–H and O–H groups in total. The number of hydrogen-bond acceptors (Lipinski definition) is 5. The number of para-hydroxylation sites is 1. The third kappa shape index (κ3) is 4.14. The quantitative estimate of drug-likeness (QED) is 0.637. The van der Waals surface area contributed by atoms with Gasteiger partial charge in [0, 0.05) is 17.3 Å². The van der Waals surface area contributed by atoms with Crippen LogP contribution in [0.15, 0.2) is 59.8 Å². The van der Waals surface area contributed by atoms with E-state index in [1.807, 2.05) is 59.2 Å². The van der Waals surface area contributed by atoms with E-state index in [0.717, 1.165) is 35.7 Å². The number of hydrogen-bond donors (Lipinski definition) is 1. The predicted octanol–water partition coefficient (Wildman–Crippen LogP) is 3.31. The number of carbonyl (C=O) groups excluding carboxylic acids is 1. The van der Waals surface area contributed by atoms with Crippen LogP contribution in [0.2, 0.25) is 0 Å². The molecule has 0 saturated heterocycles. The van der Waals surface area contributed by atoms with Gasteiger partial charge in [0.1, 0.15) is 5.75 Å². The normalized spacial score (nSPS) is 13.4. The molecule has 2 aromatic carbocycles. The van der Waals surface area contributed by atoms with Crippen molar-refractivity contribution in [3.8, 4) is 22.8 Å². The van der Waals surface area contributed by atoms with Crippen molar-refractivity contribution in [1.82, 2.24) is 20.1 Å². The highest BCUT2D eigenvalue weighted by atomic mass is 32.2. The zero-order valence-corrected chi connectivity index (χ0v) is 15.8. The average Bonchev–Trinajstić information content (AvgIpc) is 3.42. The van der Waals surface area contributed by atoms with Crippen LogP contribution in [0.5, 0.6) is 5.75 Å². The highest BCUT2D eigenvalue weighted by molar-refractivity contribution is 7.99. The summed E-state index contributed by atoms with van der Waals surface area (Å²) in [5, 5.41) is 12.4. The standard InChI is InChI=1S/C20H20N4O2S/c1-26-17-11-7-14(8-12-17)19-22-23-20(24(19)16-5-3-2-4-6-16)27-13-18(25)21-15-9-10-15/h2-8,11-12,15H,9-10,13H2,1H3,(H,21,25). The minimum absolute atomic E-state index is 0.0381. The molecule has 6 nitrogen and oxygen atoms in total. The Morgan fingerprint density at radius 2 is 1.89 bits per heavy atom. The van der Waals surface area contributed by atoms with Crippen LogP contribution in [-0.4, -0.2) is 39.6 Å². The van der Waals surface area contributed by atoms with Gasteiger partial charge in [-0.25, -0.2) is 0 Å². The molecule has 1 amide bonds. The maximum Gasteiger partial charge on any atom is 0.230 e. The van der Waals surface area contributed by atoms with E-state index in [1.54, 1.807) is 7.11 Å². The predicted molar refractivity (Wildman–Crippen MR) is 105 cm³/mol. The van der Waals surface area contributed by atoms with Crippen molar-refractivity contribution in [2.45, 2.75) is 24.0 Å². The van der Waals surface area contributed by atoms with Gasteiger partial charge in [-0.1, -0.05) is 30.0 Å². The number of nitrogens with zero attached hydrogens (tertiary/aromatic N) is 3. The molecule has 7 heteroatoms. The first-order valence-corrected chi connectivity index (χ1v) is 9.80. The summed E-state index contributed by atoms with van der Waals surface area (Å²) in [7, 11) is 1.64. The van der Waals surface area contributed by atoms with E-state index < -0.39 is 0 Å². The first-order valence-electron chi connectivity index (χ1n) is 8.82. The third-order valence-corrected chi connectivity index (χ3v) is 5.20. The second kappa shape index (κ2) is 7.84. The van der Waals surface area contributed by atoms with Crippen LogP contribution in [0.1, 0.15) is 12.8 Å². The molecule has 1 aliphatic carbocycles. The van der Waals surface area contributed by atoms with E-state index in [4.69, 9.17) is 4.74 Å². The number of aromatic nitrogens is 3. The Bertz CT molecular complexity index is 921. The summed E-state index contributed by atoms with van der Waals surface area (Å²) >= 11 is 1.40. The van der Waals surface area contributed by atoms with Gasteiger partial charge in [-0.3, -0.25) is 9.36 Å². The minimum atomic E-state index is 0.0381. The van der Waals surface area contributed by atoms with Crippen molar-refractivity contribution in [1.29, 1.82) is 0 Å². The maximum atomic E-state index is 12.1. The molecule has 27 heavy (non-hydrogen) atoms. The summed E-state index contributed by atoms with van der Waals surface area (Å²) in [4.78, 5) is 12.1. The summed E-state index contributed by atoms with van der Waals surface area (Å²) < 4.78 is 7.22. The average molecular weight is 380 g/mol. The molecule has 0 atom stereocenters. The van der Waals surface area contributed by atoms with Crippen LogP contribution in [0.4, 0.5) is 0 Å². The van der Waals surface area contributed by atoms with Crippen LogP contribution in [0.3, 0.4) is 0 Å². The Kier molecular flexibility index (Phi) is 5.11. The fourth-order valence-corrected chi connectivity index (χ4v) is 3.49. The number of benzene rings is 2. The van der Waals surface area contributed by atoms with Gasteiger partial charge in [-0.05, 0) is 49.2 Å². The zero-order valence-electron chi connectivity index (χ0n) is 15.0. The van der Waals surface area contributed by atoms with Gasteiger partial charge < -0.3 is 10.1 Å². The Morgan fingerprint density at radius 3 is 2.56 bits per heavy atom. The Hall–Kier alpha value is -2.80. The molecule has 1 aliphatic rings. The third-order valence-electron chi connectivity index (χ3n) is 4.27. The maximum absolute atomic E-state index is 12.1. The van der Waals surface area contributed by atoms with Gasteiger partial charge in [-0.15, -0.1) is 10.2 Å². The molecule has 0 aliphatic heterocycles. The lowest BCUT2D eigenvalue weighted by atomic mass is 10.2.